The number of hydrogen-bond donors (Lipinski definition) is 0. The number of hydrogen-bond acceptors (Lipinski definition) is 2. The number of epoxide rings is 1. The molecule has 3 nitrogen and oxygen atoms in total. The average Bonchev–Trinajstić information content (AvgIpc) is 2.67. The lowest BCUT2D eigenvalue weighted by molar-refractivity contribution is 0.277. The van der Waals surface area contributed by atoms with Crippen molar-refractivity contribution in [2.45, 2.75) is 38.4 Å². The number of fused-ring (bicyclic) bond motifs is 1. The third-order valence-electron chi connectivity index (χ3n) is 2.27. The van der Waals surface area contributed by atoms with Crippen LogP contribution in [0.15, 0.2) is 0 Å². The number of rotatable bonds is 0. The van der Waals surface area contributed by atoms with Crippen LogP contribution in [0.5, 0.6) is 0 Å². The van der Waals surface area contributed by atoms with Gasteiger partial charge in [-0.25, -0.2) is 0 Å². The molecule has 1 saturated carbocycles. The van der Waals surface area contributed by atoms with E-state index in [1.54, 1.807) is 14.2 Å². The first-order valence-electron chi connectivity index (χ1n) is 4.33. The Kier molecular flexibility index (Phi) is 5.46. The molecular formula is C9H20O3. The first-order chi connectivity index (χ1) is 5.27. The second-order valence-electron chi connectivity index (χ2n) is 3.54. The second-order valence-corrected chi connectivity index (χ2v) is 3.54. The van der Waals surface area contributed by atoms with Gasteiger partial charge in [-0.1, -0.05) is 6.92 Å². The quantitative estimate of drug-likeness (QED) is 0.517. The summed E-state index contributed by atoms with van der Waals surface area (Å²) in [6.07, 6.45) is 5.41. The summed E-state index contributed by atoms with van der Waals surface area (Å²) >= 11 is 0. The van der Waals surface area contributed by atoms with Gasteiger partial charge in [-0.15, -0.1) is 0 Å². The molecule has 2 aliphatic rings. The normalized spacial score (nSPS) is 36.8. The van der Waals surface area contributed by atoms with Crippen molar-refractivity contribution >= 4 is 0 Å². The topological polar surface area (TPSA) is 53.3 Å². The van der Waals surface area contributed by atoms with Crippen LogP contribution in [0.4, 0.5) is 0 Å². The fourth-order valence-electron chi connectivity index (χ4n) is 1.60. The zero-order chi connectivity index (χ0) is 8.27. The third kappa shape index (κ3) is 3.52. The van der Waals surface area contributed by atoms with Gasteiger partial charge in [-0.05, 0) is 25.2 Å². The number of methoxy groups -OCH3 is 1. The van der Waals surface area contributed by atoms with E-state index in [-0.39, 0.29) is 5.48 Å². The Hall–Kier alpha value is -0.120. The van der Waals surface area contributed by atoms with Crippen LogP contribution in [0, 0.1) is 5.92 Å². The van der Waals surface area contributed by atoms with Gasteiger partial charge in [0.25, 0.3) is 0 Å². The maximum Gasteiger partial charge on any atom is 0.0844 e. The molecule has 2 rings (SSSR count). The molecule has 1 aliphatic heterocycles. The van der Waals surface area contributed by atoms with E-state index in [9.17, 15) is 0 Å². The van der Waals surface area contributed by atoms with E-state index in [0.29, 0.717) is 12.2 Å². The molecule has 0 aromatic rings. The van der Waals surface area contributed by atoms with Gasteiger partial charge in [0.05, 0.1) is 12.2 Å². The number of ether oxygens (including phenoxy) is 2. The van der Waals surface area contributed by atoms with Crippen molar-refractivity contribution < 1.29 is 14.9 Å². The molecule has 3 atom stereocenters. The van der Waals surface area contributed by atoms with Crippen LogP contribution in [0.1, 0.15) is 26.2 Å². The zero-order valence-corrected chi connectivity index (χ0v) is 8.17. The van der Waals surface area contributed by atoms with Crippen LogP contribution < -0.4 is 0 Å². The SMILES string of the molecule is CC1CCC2OC2C1.COC.O. The van der Waals surface area contributed by atoms with Gasteiger partial charge in [0, 0.05) is 14.2 Å². The Labute approximate surface area is 74.4 Å². The van der Waals surface area contributed by atoms with Crippen molar-refractivity contribution in [3.8, 4) is 0 Å². The highest BCUT2D eigenvalue weighted by Gasteiger charge is 2.42. The van der Waals surface area contributed by atoms with E-state index >= 15 is 0 Å². The summed E-state index contributed by atoms with van der Waals surface area (Å²) in [4.78, 5) is 0. The summed E-state index contributed by atoms with van der Waals surface area (Å²) < 4.78 is 9.60. The van der Waals surface area contributed by atoms with Crippen LogP contribution in [-0.2, 0) is 9.47 Å². The minimum absolute atomic E-state index is 0. The van der Waals surface area contributed by atoms with Gasteiger partial charge in [-0.3, -0.25) is 0 Å². The highest BCUT2D eigenvalue weighted by molar-refractivity contribution is 4.90. The van der Waals surface area contributed by atoms with Crippen molar-refractivity contribution in [1.82, 2.24) is 0 Å². The Morgan fingerprint density at radius 2 is 1.75 bits per heavy atom. The minimum Gasteiger partial charge on any atom is -0.412 e. The summed E-state index contributed by atoms with van der Waals surface area (Å²) in [5.74, 6) is 0.929. The van der Waals surface area contributed by atoms with E-state index in [1.165, 1.54) is 19.3 Å². The van der Waals surface area contributed by atoms with Crippen molar-refractivity contribution in [3.05, 3.63) is 0 Å². The monoisotopic (exact) mass is 176 g/mol. The smallest absolute Gasteiger partial charge is 0.0844 e. The summed E-state index contributed by atoms with van der Waals surface area (Å²) in [6, 6.07) is 0. The maximum absolute atomic E-state index is 5.35. The molecule has 0 radical (unpaired) electrons. The third-order valence-corrected chi connectivity index (χ3v) is 2.27. The summed E-state index contributed by atoms with van der Waals surface area (Å²) in [7, 11) is 3.25. The summed E-state index contributed by atoms with van der Waals surface area (Å²) in [6.45, 7) is 2.32. The summed E-state index contributed by atoms with van der Waals surface area (Å²) in [5, 5.41) is 0. The van der Waals surface area contributed by atoms with Crippen molar-refractivity contribution in [2.75, 3.05) is 14.2 Å². The van der Waals surface area contributed by atoms with E-state index in [2.05, 4.69) is 11.7 Å². The lowest BCUT2D eigenvalue weighted by Crippen LogP contribution is -2.09. The second kappa shape index (κ2) is 5.51. The highest BCUT2D eigenvalue weighted by Crippen LogP contribution is 2.38. The predicted molar refractivity (Wildman–Crippen MR) is 48.2 cm³/mol. The molecule has 1 saturated heterocycles. The molecule has 2 N–H and O–H groups in total. The molecule has 0 bridgehead atoms. The van der Waals surface area contributed by atoms with Crippen molar-refractivity contribution in [1.29, 1.82) is 0 Å². The lowest BCUT2D eigenvalue weighted by atomic mass is 9.91. The molecule has 1 heterocycles. The molecule has 0 spiro atoms. The minimum atomic E-state index is 0. The molecular weight excluding hydrogens is 156 g/mol. The first-order valence-corrected chi connectivity index (χ1v) is 4.33. The molecule has 74 valence electrons. The first kappa shape index (κ1) is 11.9. The maximum atomic E-state index is 5.35. The standard InChI is InChI=1S/C7H12O.C2H6O.H2O/c1-5-2-3-6-7(4-5)8-6;1-3-2;/h5-7H,2-4H2,1H3;1-2H3;1H2. The van der Waals surface area contributed by atoms with Gasteiger partial charge < -0.3 is 14.9 Å². The van der Waals surface area contributed by atoms with Crippen molar-refractivity contribution in [2.24, 2.45) is 5.92 Å². The molecule has 3 heteroatoms. The van der Waals surface area contributed by atoms with Gasteiger partial charge in [-0.2, -0.15) is 0 Å². The Bertz CT molecular complexity index is 116. The van der Waals surface area contributed by atoms with Crippen LogP contribution >= 0.6 is 0 Å². The lowest BCUT2D eigenvalue weighted by Gasteiger charge is -2.11. The highest BCUT2D eigenvalue weighted by atomic mass is 16.6. The van der Waals surface area contributed by atoms with Gasteiger partial charge in [0.2, 0.25) is 0 Å². The fraction of sp³-hybridized carbons (Fsp3) is 1.00. The predicted octanol–water partition coefficient (Wildman–Crippen LogP) is 1.01. The summed E-state index contributed by atoms with van der Waals surface area (Å²) in [5.41, 5.74) is 0. The van der Waals surface area contributed by atoms with Gasteiger partial charge in [0.15, 0.2) is 0 Å². The molecule has 3 unspecified atom stereocenters. The molecule has 0 aromatic carbocycles. The molecule has 2 fully saturated rings. The Morgan fingerprint density at radius 3 is 2.17 bits per heavy atom. The van der Waals surface area contributed by atoms with Gasteiger partial charge in [0.1, 0.15) is 0 Å². The fourth-order valence-corrected chi connectivity index (χ4v) is 1.60. The Morgan fingerprint density at radius 1 is 1.17 bits per heavy atom. The van der Waals surface area contributed by atoms with Crippen LogP contribution in [0.25, 0.3) is 0 Å². The van der Waals surface area contributed by atoms with Crippen LogP contribution in [0.3, 0.4) is 0 Å². The molecule has 0 aromatic heterocycles. The molecule has 0 amide bonds. The van der Waals surface area contributed by atoms with E-state index in [1.807, 2.05) is 0 Å². The van der Waals surface area contributed by atoms with Gasteiger partial charge >= 0.3 is 0 Å². The van der Waals surface area contributed by atoms with E-state index < -0.39 is 0 Å². The van der Waals surface area contributed by atoms with Crippen LogP contribution in [0.2, 0.25) is 0 Å². The van der Waals surface area contributed by atoms with E-state index in [0.717, 1.165) is 5.92 Å². The van der Waals surface area contributed by atoms with E-state index in [4.69, 9.17) is 4.74 Å². The zero-order valence-electron chi connectivity index (χ0n) is 8.17. The molecule has 12 heavy (non-hydrogen) atoms. The largest absolute Gasteiger partial charge is 0.412 e. The van der Waals surface area contributed by atoms with Crippen LogP contribution in [-0.4, -0.2) is 31.9 Å². The Balaban J connectivity index is 0.000000272. The average molecular weight is 176 g/mol. The van der Waals surface area contributed by atoms with Crippen molar-refractivity contribution in [3.63, 3.8) is 0 Å². The molecule has 1 aliphatic carbocycles.